The van der Waals surface area contributed by atoms with Gasteiger partial charge in [-0.05, 0) is 25.3 Å². The molecule has 0 bridgehead atoms. The van der Waals surface area contributed by atoms with E-state index in [1.54, 1.807) is 0 Å². The third kappa shape index (κ3) is 4.00. The van der Waals surface area contributed by atoms with E-state index in [4.69, 9.17) is 0 Å². The highest BCUT2D eigenvalue weighted by Gasteiger charge is 2.35. The third-order valence-corrected chi connectivity index (χ3v) is 4.30. The second-order valence-corrected chi connectivity index (χ2v) is 5.96. The summed E-state index contributed by atoms with van der Waals surface area (Å²) < 4.78 is 25.7. The van der Waals surface area contributed by atoms with Crippen LogP contribution in [-0.2, 0) is 6.42 Å². The smallest absolute Gasteiger partial charge is 0.251 e. The fraction of sp³-hybridized carbons (Fsp3) is 0.625. The highest BCUT2D eigenvalue weighted by molar-refractivity contribution is 5.16. The van der Waals surface area contributed by atoms with Crippen molar-refractivity contribution in [3.63, 3.8) is 0 Å². The van der Waals surface area contributed by atoms with Crippen molar-refractivity contribution >= 4 is 0 Å². The van der Waals surface area contributed by atoms with Crippen molar-refractivity contribution < 1.29 is 8.78 Å². The number of alkyl halides is 2. The molecule has 1 aliphatic heterocycles. The van der Waals surface area contributed by atoms with Gasteiger partial charge in [0.15, 0.2) is 0 Å². The Morgan fingerprint density at radius 2 is 2.05 bits per heavy atom. The van der Waals surface area contributed by atoms with Crippen LogP contribution in [0.4, 0.5) is 8.78 Å². The quantitative estimate of drug-likeness (QED) is 0.893. The molecule has 1 aliphatic rings. The molecule has 2 nitrogen and oxygen atoms in total. The van der Waals surface area contributed by atoms with E-state index in [2.05, 4.69) is 31.3 Å². The Labute approximate surface area is 120 Å². The van der Waals surface area contributed by atoms with Crippen molar-refractivity contribution in [1.29, 1.82) is 0 Å². The third-order valence-electron chi connectivity index (χ3n) is 4.30. The summed E-state index contributed by atoms with van der Waals surface area (Å²) in [5.74, 6) is 0. The van der Waals surface area contributed by atoms with Crippen molar-refractivity contribution in [3.05, 3.63) is 35.9 Å². The van der Waals surface area contributed by atoms with E-state index < -0.39 is 6.43 Å². The summed E-state index contributed by atoms with van der Waals surface area (Å²) in [5.41, 5.74) is 1.15. The zero-order valence-corrected chi connectivity index (χ0v) is 12.3. The Morgan fingerprint density at radius 1 is 1.35 bits per heavy atom. The second kappa shape index (κ2) is 6.64. The average Bonchev–Trinajstić information content (AvgIpc) is 2.43. The Kier molecular flexibility index (Phi) is 5.11. The predicted octanol–water partition coefficient (Wildman–Crippen LogP) is 2.94. The van der Waals surface area contributed by atoms with Crippen molar-refractivity contribution in [1.82, 2.24) is 10.2 Å². The molecule has 2 rings (SSSR count). The molecule has 0 radical (unpaired) electrons. The molecule has 4 heteroatoms. The molecule has 1 aromatic rings. The molecule has 0 aromatic heterocycles. The molecule has 0 aliphatic carbocycles. The molecule has 20 heavy (non-hydrogen) atoms. The normalized spacial score (nSPS) is 27.9. The molecule has 112 valence electrons. The number of halogens is 2. The fourth-order valence-electron chi connectivity index (χ4n) is 2.84. The van der Waals surface area contributed by atoms with Gasteiger partial charge >= 0.3 is 0 Å². The molecule has 1 heterocycles. The van der Waals surface area contributed by atoms with Gasteiger partial charge in [-0.15, -0.1) is 0 Å². The molecular formula is C16H24F2N2. The van der Waals surface area contributed by atoms with E-state index in [1.165, 1.54) is 5.56 Å². The van der Waals surface area contributed by atoms with Crippen LogP contribution in [0.3, 0.4) is 0 Å². The van der Waals surface area contributed by atoms with Crippen LogP contribution >= 0.6 is 0 Å². The van der Waals surface area contributed by atoms with Crippen molar-refractivity contribution in [2.24, 2.45) is 0 Å². The van der Waals surface area contributed by atoms with Gasteiger partial charge in [-0.25, -0.2) is 8.78 Å². The molecule has 2 unspecified atom stereocenters. The van der Waals surface area contributed by atoms with Crippen LogP contribution < -0.4 is 5.32 Å². The summed E-state index contributed by atoms with van der Waals surface area (Å²) in [4.78, 5) is 1.96. The van der Waals surface area contributed by atoms with Crippen LogP contribution in [0.5, 0.6) is 0 Å². The number of rotatable bonds is 5. The van der Waals surface area contributed by atoms with Gasteiger partial charge < -0.3 is 5.32 Å². The number of hydrogen-bond donors (Lipinski definition) is 1. The van der Waals surface area contributed by atoms with Crippen LogP contribution in [0.2, 0.25) is 0 Å². The predicted molar refractivity (Wildman–Crippen MR) is 78.2 cm³/mol. The number of hydrogen-bond acceptors (Lipinski definition) is 2. The molecule has 2 atom stereocenters. The first kappa shape index (κ1) is 15.4. The lowest BCUT2D eigenvalue weighted by molar-refractivity contribution is 0.0230. The van der Waals surface area contributed by atoms with Crippen LogP contribution in [0.15, 0.2) is 30.3 Å². The molecule has 1 aromatic carbocycles. The first-order valence-electron chi connectivity index (χ1n) is 7.33. The highest BCUT2D eigenvalue weighted by Crippen LogP contribution is 2.22. The van der Waals surface area contributed by atoms with Gasteiger partial charge in [-0.1, -0.05) is 37.3 Å². The van der Waals surface area contributed by atoms with Gasteiger partial charge in [0, 0.05) is 24.7 Å². The number of nitrogens with zero attached hydrogens (tertiary/aromatic N) is 1. The molecule has 0 saturated carbocycles. The first-order chi connectivity index (χ1) is 9.52. The van der Waals surface area contributed by atoms with Crippen molar-refractivity contribution in [2.75, 3.05) is 19.6 Å². The molecular weight excluding hydrogens is 258 g/mol. The first-order valence-corrected chi connectivity index (χ1v) is 7.33. The number of benzene rings is 1. The number of nitrogens with one attached hydrogen (secondary N) is 1. The van der Waals surface area contributed by atoms with Crippen molar-refractivity contribution in [2.45, 2.75) is 44.7 Å². The van der Waals surface area contributed by atoms with E-state index in [1.807, 2.05) is 23.1 Å². The maximum atomic E-state index is 12.8. The molecule has 1 saturated heterocycles. The lowest BCUT2D eigenvalue weighted by Gasteiger charge is -2.46. The molecule has 1 fully saturated rings. The number of piperazine rings is 1. The van der Waals surface area contributed by atoms with Crippen molar-refractivity contribution in [3.8, 4) is 0 Å². The van der Waals surface area contributed by atoms with E-state index in [0.717, 1.165) is 19.4 Å². The second-order valence-electron chi connectivity index (χ2n) is 5.96. The minimum absolute atomic E-state index is 0.0535. The van der Waals surface area contributed by atoms with Gasteiger partial charge in [0.05, 0.1) is 6.54 Å². The summed E-state index contributed by atoms with van der Waals surface area (Å²) in [6.45, 7) is 5.54. The van der Waals surface area contributed by atoms with E-state index in [9.17, 15) is 8.78 Å². The van der Waals surface area contributed by atoms with Gasteiger partial charge in [0.1, 0.15) is 0 Å². The monoisotopic (exact) mass is 282 g/mol. The topological polar surface area (TPSA) is 15.3 Å². The minimum Gasteiger partial charge on any atom is -0.309 e. The van der Waals surface area contributed by atoms with Gasteiger partial charge in [-0.3, -0.25) is 4.90 Å². The SMILES string of the molecule is CCC1(C)CN(CC(F)F)C(Cc2ccccc2)CN1. The van der Waals surface area contributed by atoms with Crippen LogP contribution in [0.25, 0.3) is 0 Å². The van der Waals surface area contributed by atoms with Gasteiger partial charge in [0.25, 0.3) is 6.43 Å². The molecule has 0 amide bonds. The summed E-state index contributed by atoms with van der Waals surface area (Å²) in [5, 5.41) is 3.53. The van der Waals surface area contributed by atoms with E-state index in [0.29, 0.717) is 6.54 Å². The lowest BCUT2D eigenvalue weighted by Crippen LogP contribution is -2.63. The lowest BCUT2D eigenvalue weighted by atomic mass is 9.91. The largest absolute Gasteiger partial charge is 0.309 e. The standard InChI is InChI=1S/C16H24F2N2/c1-3-16(2)12-20(11-15(17)18)14(10-19-16)9-13-7-5-4-6-8-13/h4-8,14-15,19H,3,9-12H2,1-2H3. The maximum absolute atomic E-state index is 12.8. The minimum atomic E-state index is -2.27. The van der Waals surface area contributed by atoms with Crippen LogP contribution in [0, 0.1) is 0 Å². The zero-order chi connectivity index (χ0) is 14.6. The van der Waals surface area contributed by atoms with Crippen LogP contribution in [0.1, 0.15) is 25.8 Å². The fourth-order valence-corrected chi connectivity index (χ4v) is 2.84. The highest BCUT2D eigenvalue weighted by atomic mass is 19.3. The maximum Gasteiger partial charge on any atom is 0.251 e. The summed E-state index contributed by atoms with van der Waals surface area (Å²) in [6, 6.07) is 10.3. The Hall–Kier alpha value is -1.00. The zero-order valence-electron chi connectivity index (χ0n) is 12.3. The molecule has 0 spiro atoms. The van der Waals surface area contributed by atoms with E-state index in [-0.39, 0.29) is 18.1 Å². The van der Waals surface area contributed by atoms with Crippen LogP contribution in [-0.4, -0.2) is 42.5 Å². The van der Waals surface area contributed by atoms with E-state index >= 15 is 0 Å². The Morgan fingerprint density at radius 3 is 2.65 bits per heavy atom. The van der Waals surface area contributed by atoms with Gasteiger partial charge in [0.2, 0.25) is 0 Å². The average molecular weight is 282 g/mol. The van der Waals surface area contributed by atoms with Gasteiger partial charge in [-0.2, -0.15) is 0 Å². The Balaban J connectivity index is 2.06. The summed E-state index contributed by atoms with van der Waals surface area (Å²) in [6.07, 6.45) is -0.502. The Bertz CT molecular complexity index is 410. The molecule has 1 N–H and O–H groups in total. The summed E-state index contributed by atoms with van der Waals surface area (Å²) in [7, 11) is 0. The summed E-state index contributed by atoms with van der Waals surface area (Å²) >= 11 is 0.